The van der Waals surface area contributed by atoms with Crippen molar-refractivity contribution >= 4 is 44.2 Å². The molecule has 0 radical (unpaired) electrons. The van der Waals surface area contributed by atoms with E-state index >= 15 is 0 Å². The van der Waals surface area contributed by atoms with Crippen LogP contribution >= 0.6 is 34.3 Å². The van der Waals surface area contributed by atoms with E-state index in [-0.39, 0.29) is 13.2 Å². The Kier molecular flexibility index (Phi) is 7.01. The molecule has 0 aliphatic heterocycles. The monoisotopic (exact) mass is 600 g/mol. The van der Waals surface area contributed by atoms with E-state index in [1.807, 2.05) is 36.4 Å². The summed E-state index contributed by atoms with van der Waals surface area (Å²) in [5, 5.41) is 28.6. The van der Waals surface area contributed by atoms with Gasteiger partial charge in [-0.15, -0.1) is 20.4 Å². The highest BCUT2D eigenvalue weighted by atomic mass is 35.5. The quantitative estimate of drug-likeness (QED) is 0.198. The van der Waals surface area contributed by atoms with Crippen molar-refractivity contribution in [2.45, 2.75) is 26.1 Å². The Balaban J connectivity index is 0.980. The molecule has 10 nitrogen and oxygen atoms in total. The molecule has 7 aromatic rings. The fourth-order valence-corrected chi connectivity index (χ4v) is 6.23. The van der Waals surface area contributed by atoms with Crippen molar-refractivity contribution in [1.82, 2.24) is 39.6 Å². The first-order chi connectivity index (χ1) is 20.2. The molecule has 0 bridgehead atoms. The normalized spacial score (nSPS) is 11.4. The van der Waals surface area contributed by atoms with Gasteiger partial charge in [0.15, 0.2) is 11.6 Å². The van der Waals surface area contributed by atoms with Crippen LogP contribution in [-0.2, 0) is 26.1 Å². The fourth-order valence-electron chi connectivity index (χ4n) is 4.24. The van der Waals surface area contributed by atoms with Crippen LogP contribution in [0.25, 0.3) is 9.92 Å². The van der Waals surface area contributed by atoms with Crippen molar-refractivity contribution in [3.8, 4) is 11.5 Å². The summed E-state index contributed by atoms with van der Waals surface area (Å²) in [5.74, 6) is 2.29. The zero-order chi connectivity index (χ0) is 27.6. The third-order valence-corrected chi connectivity index (χ3v) is 8.31. The summed E-state index contributed by atoms with van der Waals surface area (Å²) in [6.45, 7) is 0.363. The van der Waals surface area contributed by atoms with Crippen molar-refractivity contribution in [2.24, 2.45) is 0 Å². The fraction of sp³-hybridized carbons (Fsp3) is 0.143. The van der Waals surface area contributed by atoms with Crippen LogP contribution in [0.4, 0.5) is 0 Å². The van der Waals surface area contributed by atoms with Gasteiger partial charge >= 0.3 is 0 Å². The molecule has 4 aromatic heterocycles. The van der Waals surface area contributed by atoms with E-state index in [0.29, 0.717) is 28.2 Å². The molecule has 13 heteroatoms. The predicted molar refractivity (Wildman–Crippen MR) is 156 cm³/mol. The largest absolute Gasteiger partial charge is 0.485 e. The van der Waals surface area contributed by atoms with Crippen LogP contribution in [0.3, 0.4) is 0 Å². The lowest BCUT2D eigenvalue weighted by molar-refractivity contribution is 0.284. The van der Waals surface area contributed by atoms with Crippen LogP contribution in [0.5, 0.6) is 11.5 Å². The lowest BCUT2D eigenvalue weighted by Gasteiger charge is -2.09. The van der Waals surface area contributed by atoms with Gasteiger partial charge in [0.1, 0.15) is 34.7 Å². The summed E-state index contributed by atoms with van der Waals surface area (Å²) in [6.07, 6.45) is 1.48. The minimum absolute atomic E-state index is 0.169. The van der Waals surface area contributed by atoms with Crippen molar-refractivity contribution in [3.63, 3.8) is 0 Å². The number of hydrogen-bond acceptors (Lipinski definition) is 10. The smallest absolute Gasteiger partial charge is 0.234 e. The molecule has 204 valence electrons. The Morgan fingerprint density at radius 2 is 1.17 bits per heavy atom. The number of hydrogen-bond donors (Lipinski definition) is 0. The topological polar surface area (TPSA) is 105 Å². The average molecular weight is 601 g/mol. The van der Waals surface area contributed by atoms with Gasteiger partial charge in [-0.1, -0.05) is 94.9 Å². The molecule has 0 N–H and O–H groups in total. The molecule has 7 rings (SSSR count). The predicted octanol–water partition coefficient (Wildman–Crippen LogP) is 5.68. The third kappa shape index (κ3) is 5.62. The summed E-state index contributed by atoms with van der Waals surface area (Å²) in [6, 6.07) is 25.7. The molecular formula is C28H21ClN8O2S2. The molecule has 3 aromatic carbocycles. The van der Waals surface area contributed by atoms with Gasteiger partial charge in [0.25, 0.3) is 0 Å². The molecular weight excluding hydrogens is 580 g/mol. The van der Waals surface area contributed by atoms with Gasteiger partial charge in [-0.25, -0.2) is 0 Å². The molecule has 0 aliphatic carbocycles. The molecule has 4 heterocycles. The number of benzene rings is 3. The second-order valence-electron chi connectivity index (χ2n) is 9.11. The maximum Gasteiger partial charge on any atom is 0.234 e. The van der Waals surface area contributed by atoms with Crippen molar-refractivity contribution in [1.29, 1.82) is 0 Å². The Hall–Kier alpha value is -4.39. The van der Waals surface area contributed by atoms with Crippen LogP contribution in [-0.4, -0.2) is 39.6 Å². The maximum absolute atomic E-state index is 6.51. The highest BCUT2D eigenvalue weighted by Gasteiger charge is 2.15. The Bertz CT molecular complexity index is 1930. The van der Waals surface area contributed by atoms with Crippen LogP contribution < -0.4 is 9.47 Å². The zero-order valence-electron chi connectivity index (χ0n) is 21.4. The summed E-state index contributed by atoms with van der Waals surface area (Å²) in [7, 11) is 0. The Morgan fingerprint density at radius 3 is 1.71 bits per heavy atom. The second-order valence-corrected chi connectivity index (χ2v) is 11.6. The first-order valence-electron chi connectivity index (χ1n) is 12.7. The first-order valence-corrected chi connectivity index (χ1v) is 14.7. The van der Waals surface area contributed by atoms with Gasteiger partial charge in [0.2, 0.25) is 9.92 Å². The standard InChI is InChI=1S/C28H21ClN8O2S2/c29-21-15-20(38-16-23-30-32-27-36(23)34-25(40-27)13-18-7-3-1-4-8-18)11-12-22(21)39-17-24-31-33-28-37(24)35-26(41-28)14-19-9-5-2-6-10-19/h1-12,15H,13-14,16-17H2. The SMILES string of the molecule is Clc1cc(OCc2nnc3sc(Cc4ccccc4)nn23)ccc1OCc1nnc2sc(Cc3ccccc3)nn12. The van der Waals surface area contributed by atoms with Crippen molar-refractivity contribution in [3.05, 3.63) is 117 Å². The van der Waals surface area contributed by atoms with E-state index in [2.05, 4.69) is 54.9 Å². The summed E-state index contributed by atoms with van der Waals surface area (Å²) in [4.78, 5) is 1.45. The third-order valence-electron chi connectivity index (χ3n) is 6.22. The van der Waals surface area contributed by atoms with Gasteiger partial charge in [0.05, 0.1) is 5.02 Å². The number of rotatable bonds is 10. The van der Waals surface area contributed by atoms with E-state index in [0.717, 1.165) is 32.8 Å². The van der Waals surface area contributed by atoms with E-state index in [9.17, 15) is 0 Å². The Labute approximate surface area is 246 Å². The number of fused-ring (bicyclic) bond motifs is 2. The van der Waals surface area contributed by atoms with Crippen LogP contribution in [0.2, 0.25) is 5.02 Å². The molecule has 0 aliphatic rings. The average Bonchev–Trinajstić information content (AvgIpc) is 3.75. The molecule has 0 fully saturated rings. The van der Waals surface area contributed by atoms with Crippen molar-refractivity contribution < 1.29 is 9.47 Å². The highest BCUT2D eigenvalue weighted by molar-refractivity contribution is 7.17. The Morgan fingerprint density at radius 1 is 0.634 bits per heavy atom. The van der Waals surface area contributed by atoms with Crippen LogP contribution in [0, 0.1) is 0 Å². The minimum atomic E-state index is 0.169. The second kappa shape index (κ2) is 11.2. The minimum Gasteiger partial charge on any atom is -0.485 e. The van der Waals surface area contributed by atoms with Gasteiger partial charge in [0, 0.05) is 18.9 Å². The number of nitrogens with zero attached hydrogens (tertiary/aromatic N) is 8. The molecule has 0 spiro atoms. The molecule has 0 unspecified atom stereocenters. The van der Waals surface area contributed by atoms with E-state index < -0.39 is 0 Å². The first kappa shape index (κ1) is 25.6. The summed E-state index contributed by atoms with van der Waals surface area (Å²) < 4.78 is 15.3. The van der Waals surface area contributed by atoms with Gasteiger partial charge in [-0.05, 0) is 23.3 Å². The molecule has 0 atom stereocenters. The van der Waals surface area contributed by atoms with E-state index in [4.69, 9.17) is 21.1 Å². The van der Waals surface area contributed by atoms with Gasteiger partial charge in [-0.2, -0.15) is 19.2 Å². The van der Waals surface area contributed by atoms with Crippen LogP contribution in [0.1, 0.15) is 32.8 Å². The van der Waals surface area contributed by atoms with E-state index in [1.165, 1.54) is 33.8 Å². The number of aromatic nitrogens is 8. The van der Waals surface area contributed by atoms with Gasteiger partial charge < -0.3 is 9.47 Å². The molecule has 0 saturated heterocycles. The summed E-state index contributed by atoms with van der Waals surface area (Å²) in [5.41, 5.74) is 2.39. The maximum atomic E-state index is 6.51. The zero-order valence-corrected chi connectivity index (χ0v) is 23.8. The highest BCUT2D eigenvalue weighted by Crippen LogP contribution is 2.30. The van der Waals surface area contributed by atoms with Gasteiger partial charge in [-0.3, -0.25) is 0 Å². The van der Waals surface area contributed by atoms with Crippen LogP contribution in [0.15, 0.2) is 78.9 Å². The molecule has 0 saturated carbocycles. The molecule has 41 heavy (non-hydrogen) atoms. The number of ether oxygens (including phenoxy) is 2. The number of halogens is 1. The molecule has 0 amide bonds. The lowest BCUT2D eigenvalue weighted by atomic mass is 10.2. The summed E-state index contributed by atoms with van der Waals surface area (Å²) >= 11 is 9.54. The lowest BCUT2D eigenvalue weighted by Crippen LogP contribution is -2.04. The van der Waals surface area contributed by atoms with E-state index in [1.54, 1.807) is 27.2 Å². The van der Waals surface area contributed by atoms with Crippen molar-refractivity contribution in [2.75, 3.05) is 0 Å².